The van der Waals surface area contributed by atoms with Gasteiger partial charge in [0.2, 0.25) is 18.2 Å². The normalized spacial score (nSPS) is 18.6. The number of nitrogens with zero attached hydrogens (tertiary/aromatic N) is 3. The summed E-state index contributed by atoms with van der Waals surface area (Å²) in [6, 6.07) is 15.7. The van der Waals surface area contributed by atoms with E-state index in [2.05, 4.69) is 10.3 Å². The number of ether oxygens (including phenoxy) is 1. The Labute approximate surface area is 136 Å². The molecule has 7 heteroatoms. The van der Waals surface area contributed by atoms with Crippen molar-refractivity contribution >= 4 is 17.3 Å². The third-order valence-corrected chi connectivity index (χ3v) is 3.70. The first-order chi connectivity index (χ1) is 11.7. The fraction of sp³-hybridized carbons (Fsp3) is 0.0588. The molecule has 118 valence electrons. The lowest BCUT2D eigenvalue weighted by Crippen LogP contribution is -2.42. The summed E-state index contributed by atoms with van der Waals surface area (Å²) < 4.78 is 33.9. The molecule has 0 bridgehead atoms. The molecule has 0 fully saturated rings. The standard InChI is InChI=1S/C17H10F2N4O/c18-15-10(9-20)16(19)22-17(21-15)23-11-5-1-3-7-13(11)24-14-8-4-2-6-12(14)23/h1-8,15H,(H,21,22). The molecule has 0 aliphatic carbocycles. The van der Waals surface area contributed by atoms with E-state index in [1.165, 1.54) is 6.07 Å². The molecule has 2 aromatic carbocycles. The van der Waals surface area contributed by atoms with Crippen molar-refractivity contribution in [1.82, 2.24) is 5.32 Å². The maximum Gasteiger partial charge on any atom is 0.233 e. The lowest BCUT2D eigenvalue weighted by Gasteiger charge is -2.34. The van der Waals surface area contributed by atoms with Crippen molar-refractivity contribution in [1.29, 1.82) is 5.26 Å². The molecule has 2 aromatic rings. The molecule has 0 radical (unpaired) electrons. The molecular weight excluding hydrogens is 314 g/mol. The third-order valence-electron chi connectivity index (χ3n) is 3.70. The maximum atomic E-state index is 14.1. The van der Waals surface area contributed by atoms with Gasteiger partial charge >= 0.3 is 0 Å². The Kier molecular flexibility index (Phi) is 3.17. The van der Waals surface area contributed by atoms with E-state index >= 15 is 0 Å². The number of alkyl halides is 1. The summed E-state index contributed by atoms with van der Waals surface area (Å²) in [6.07, 6.45) is -2.06. The number of aliphatic imine (C=N–C) groups is 1. The van der Waals surface area contributed by atoms with Crippen LogP contribution in [-0.4, -0.2) is 12.3 Å². The minimum Gasteiger partial charge on any atom is -0.453 e. The number of fused-ring (bicyclic) bond motifs is 2. The van der Waals surface area contributed by atoms with Gasteiger partial charge in [0.15, 0.2) is 11.5 Å². The van der Waals surface area contributed by atoms with Crippen molar-refractivity contribution < 1.29 is 13.5 Å². The number of para-hydroxylation sites is 4. The number of benzene rings is 2. The second-order valence-electron chi connectivity index (χ2n) is 5.13. The molecule has 4 rings (SSSR count). The lowest BCUT2D eigenvalue weighted by molar-refractivity contribution is 0.380. The molecule has 2 aliphatic rings. The van der Waals surface area contributed by atoms with Crippen LogP contribution in [0.25, 0.3) is 0 Å². The average molecular weight is 324 g/mol. The summed E-state index contributed by atoms with van der Waals surface area (Å²) >= 11 is 0. The zero-order valence-electron chi connectivity index (χ0n) is 12.2. The molecule has 0 amide bonds. The molecule has 1 atom stereocenters. The van der Waals surface area contributed by atoms with Crippen LogP contribution in [0.4, 0.5) is 20.2 Å². The van der Waals surface area contributed by atoms with Crippen molar-refractivity contribution in [3.05, 3.63) is 60.1 Å². The smallest absolute Gasteiger partial charge is 0.233 e. The zero-order valence-corrected chi connectivity index (χ0v) is 12.2. The Balaban J connectivity index is 1.86. The predicted octanol–water partition coefficient (Wildman–Crippen LogP) is 3.89. The van der Waals surface area contributed by atoms with Crippen LogP contribution >= 0.6 is 0 Å². The predicted molar refractivity (Wildman–Crippen MR) is 84.3 cm³/mol. The van der Waals surface area contributed by atoms with Gasteiger partial charge in [0.25, 0.3) is 0 Å². The summed E-state index contributed by atoms with van der Waals surface area (Å²) in [5.74, 6) is -0.0307. The van der Waals surface area contributed by atoms with E-state index in [0.717, 1.165) is 0 Å². The van der Waals surface area contributed by atoms with Crippen LogP contribution in [-0.2, 0) is 0 Å². The van der Waals surface area contributed by atoms with Crippen LogP contribution < -0.4 is 15.0 Å². The summed E-state index contributed by atoms with van der Waals surface area (Å²) in [6.45, 7) is 0. The van der Waals surface area contributed by atoms with Crippen molar-refractivity contribution in [2.24, 2.45) is 4.99 Å². The van der Waals surface area contributed by atoms with Crippen LogP contribution in [0.2, 0.25) is 0 Å². The van der Waals surface area contributed by atoms with Gasteiger partial charge in [-0.1, -0.05) is 24.3 Å². The number of anilines is 2. The van der Waals surface area contributed by atoms with E-state index in [4.69, 9.17) is 10.00 Å². The Morgan fingerprint density at radius 3 is 2.21 bits per heavy atom. The average Bonchev–Trinajstić information content (AvgIpc) is 2.59. The van der Waals surface area contributed by atoms with Crippen molar-refractivity contribution in [2.45, 2.75) is 6.30 Å². The Morgan fingerprint density at radius 1 is 1.08 bits per heavy atom. The summed E-state index contributed by atoms with van der Waals surface area (Å²) in [4.78, 5) is 5.36. The fourth-order valence-corrected chi connectivity index (χ4v) is 2.62. The first kappa shape index (κ1) is 14.2. The third kappa shape index (κ3) is 2.08. The van der Waals surface area contributed by atoms with E-state index in [1.807, 2.05) is 0 Å². The molecule has 0 aromatic heterocycles. The van der Waals surface area contributed by atoms with Crippen LogP contribution in [0, 0.1) is 11.3 Å². The highest BCUT2D eigenvalue weighted by atomic mass is 19.1. The SMILES string of the molecule is N#CC1=C(F)NC(N2c3ccccc3Oc3ccccc32)=NC1F. The van der Waals surface area contributed by atoms with Gasteiger partial charge in [-0.15, -0.1) is 0 Å². The monoisotopic (exact) mass is 324 g/mol. The van der Waals surface area contributed by atoms with Crippen LogP contribution in [0.15, 0.2) is 65.0 Å². The largest absolute Gasteiger partial charge is 0.453 e. The van der Waals surface area contributed by atoms with E-state index < -0.39 is 17.8 Å². The van der Waals surface area contributed by atoms with Crippen molar-refractivity contribution in [3.63, 3.8) is 0 Å². The van der Waals surface area contributed by atoms with Gasteiger partial charge in [-0.2, -0.15) is 9.65 Å². The van der Waals surface area contributed by atoms with Gasteiger partial charge in [-0.3, -0.25) is 4.90 Å². The number of nitrogens with one attached hydrogen (secondary N) is 1. The summed E-state index contributed by atoms with van der Waals surface area (Å²) in [5, 5.41) is 11.2. The quantitative estimate of drug-likeness (QED) is 0.747. The maximum absolute atomic E-state index is 14.1. The molecule has 24 heavy (non-hydrogen) atoms. The van der Waals surface area contributed by atoms with E-state index in [1.54, 1.807) is 53.4 Å². The van der Waals surface area contributed by atoms with Crippen LogP contribution in [0.5, 0.6) is 11.5 Å². The molecule has 0 spiro atoms. The second-order valence-corrected chi connectivity index (χ2v) is 5.13. The van der Waals surface area contributed by atoms with Gasteiger partial charge in [0, 0.05) is 0 Å². The first-order valence-corrected chi connectivity index (χ1v) is 7.14. The highest BCUT2D eigenvalue weighted by molar-refractivity contribution is 6.07. The Hall–Kier alpha value is -3.40. The number of rotatable bonds is 0. The van der Waals surface area contributed by atoms with Crippen LogP contribution in [0.3, 0.4) is 0 Å². The molecular formula is C17H10F2N4O. The summed E-state index contributed by atoms with van der Waals surface area (Å²) in [7, 11) is 0. The topological polar surface area (TPSA) is 60.7 Å². The number of halogens is 2. The van der Waals surface area contributed by atoms with E-state index in [9.17, 15) is 8.78 Å². The van der Waals surface area contributed by atoms with Crippen molar-refractivity contribution in [2.75, 3.05) is 4.90 Å². The first-order valence-electron chi connectivity index (χ1n) is 7.14. The van der Waals surface area contributed by atoms with Gasteiger partial charge in [-0.05, 0) is 24.3 Å². The second kappa shape index (κ2) is 5.35. The Bertz CT molecular complexity index is 887. The van der Waals surface area contributed by atoms with Gasteiger partial charge in [0.05, 0.1) is 11.4 Å². The van der Waals surface area contributed by atoms with Crippen LogP contribution in [0.1, 0.15) is 0 Å². The minimum atomic E-state index is -2.06. The number of nitriles is 1. The van der Waals surface area contributed by atoms with Gasteiger partial charge in [-0.25, -0.2) is 9.38 Å². The molecule has 1 unspecified atom stereocenters. The number of hydrogen-bond acceptors (Lipinski definition) is 5. The van der Waals surface area contributed by atoms with E-state index in [0.29, 0.717) is 22.9 Å². The minimum absolute atomic E-state index is 0.0535. The molecule has 0 saturated heterocycles. The molecule has 0 saturated carbocycles. The highest BCUT2D eigenvalue weighted by Gasteiger charge is 2.33. The Morgan fingerprint density at radius 2 is 1.67 bits per heavy atom. The van der Waals surface area contributed by atoms with Gasteiger partial charge < -0.3 is 10.1 Å². The van der Waals surface area contributed by atoms with Crippen molar-refractivity contribution in [3.8, 4) is 17.6 Å². The number of guanidine groups is 1. The summed E-state index contributed by atoms with van der Waals surface area (Å²) in [5.41, 5.74) is 0.499. The lowest BCUT2D eigenvalue weighted by atomic mass is 10.1. The van der Waals surface area contributed by atoms with Gasteiger partial charge in [0.1, 0.15) is 11.6 Å². The highest BCUT2D eigenvalue weighted by Crippen LogP contribution is 2.46. The number of hydrogen-bond donors (Lipinski definition) is 1. The zero-order chi connectivity index (χ0) is 16.7. The fourth-order valence-electron chi connectivity index (χ4n) is 2.62. The molecule has 2 heterocycles. The van der Waals surface area contributed by atoms with E-state index in [-0.39, 0.29) is 5.96 Å². The molecule has 1 N–H and O–H groups in total. The molecule has 5 nitrogen and oxygen atoms in total. The molecule has 2 aliphatic heterocycles.